The van der Waals surface area contributed by atoms with Crippen LogP contribution in [0, 0.1) is 0 Å². The topological polar surface area (TPSA) is 66.3 Å². The lowest BCUT2D eigenvalue weighted by atomic mass is 10.3. The zero-order valence-corrected chi connectivity index (χ0v) is 8.83. The lowest BCUT2D eigenvalue weighted by Crippen LogP contribution is -2.32. The molecule has 0 atom stereocenters. The summed E-state index contributed by atoms with van der Waals surface area (Å²) in [7, 11) is 0. The van der Waals surface area contributed by atoms with Gasteiger partial charge in [0, 0.05) is 19.7 Å². The van der Waals surface area contributed by atoms with Gasteiger partial charge in [-0.2, -0.15) is 8.75 Å². The summed E-state index contributed by atoms with van der Waals surface area (Å²) in [5.74, 6) is -0.116. The van der Waals surface area contributed by atoms with Crippen LogP contribution in [0.1, 0.15) is 23.8 Å². The van der Waals surface area contributed by atoms with Gasteiger partial charge in [-0.25, -0.2) is 0 Å². The third-order valence-corrected chi connectivity index (χ3v) is 2.31. The normalized spacial score (nSPS) is 10.1. The zero-order chi connectivity index (χ0) is 10.4. The van der Waals surface area contributed by atoms with E-state index in [4.69, 9.17) is 5.11 Å². The molecule has 1 rings (SSSR count). The van der Waals surface area contributed by atoms with Crippen LogP contribution >= 0.6 is 11.7 Å². The van der Waals surface area contributed by atoms with Crippen LogP contribution in [0.25, 0.3) is 0 Å². The van der Waals surface area contributed by atoms with Crippen molar-refractivity contribution < 1.29 is 9.90 Å². The molecule has 0 aliphatic carbocycles. The predicted molar refractivity (Wildman–Crippen MR) is 53.2 cm³/mol. The third-order valence-electron chi connectivity index (χ3n) is 1.84. The van der Waals surface area contributed by atoms with Crippen molar-refractivity contribution in [1.82, 2.24) is 13.6 Å². The summed E-state index contributed by atoms with van der Waals surface area (Å²) in [4.78, 5) is 13.3. The van der Waals surface area contributed by atoms with Crippen LogP contribution in [0.3, 0.4) is 0 Å². The van der Waals surface area contributed by atoms with Gasteiger partial charge in [-0.05, 0) is 13.3 Å². The van der Waals surface area contributed by atoms with Crippen LogP contribution in [-0.4, -0.2) is 44.4 Å². The first-order valence-corrected chi connectivity index (χ1v) is 5.20. The molecule has 14 heavy (non-hydrogen) atoms. The summed E-state index contributed by atoms with van der Waals surface area (Å²) in [6, 6.07) is 0. The van der Waals surface area contributed by atoms with Crippen molar-refractivity contribution in [2.75, 3.05) is 19.7 Å². The van der Waals surface area contributed by atoms with Crippen molar-refractivity contribution in [3.8, 4) is 0 Å². The van der Waals surface area contributed by atoms with E-state index in [1.54, 1.807) is 4.90 Å². The second kappa shape index (κ2) is 5.66. The molecule has 1 aromatic rings. The molecule has 1 N–H and O–H groups in total. The minimum absolute atomic E-state index is 0.0963. The molecule has 6 heteroatoms. The Morgan fingerprint density at radius 2 is 2.50 bits per heavy atom. The Labute approximate surface area is 86.7 Å². The highest BCUT2D eigenvalue weighted by Gasteiger charge is 2.15. The molecular formula is C8H13N3O2S. The van der Waals surface area contributed by atoms with Gasteiger partial charge in [0.2, 0.25) is 0 Å². The molecule has 0 saturated carbocycles. The molecule has 1 aromatic heterocycles. The van der Waals surface area contributed by atoms with Gasteiger partial charge in [-0.15, -0.1) is 0 Å². The lowest BCUT2D eigenvalue weighted by Gasteiger charge is -2.18. The van der Waals surface area contributed by atoms with E-state index in [2.05, 4.69) is 8.75 Å². The Hall–Kier alpha value is -1.01. The SMILES string of the molecule is CCN(CCCO)C(=O)c1cnsn1. The minimum atomic E-state index is -0.116. The van der Waals surface area contributed by atoms with Crippen LogP contribution in [0.2, 0.25) is 0 Å². The highest BCUT2D eigenvalue weighted by molar-refractivity contribution is 6.99. The predicted octanol–water partition coefficient (Wildman–Crippen LogP) is 0.383. The van der Waals surface area contributed by atoms with Crippen LogP contribution in [0.5, 0.6) is 0 Å². The molecule has 0 radical (unpaired) electrons. The first-order valence-electron chi connectivity index (χ1n) is 4.47. The van der Waals surface area contributed by atoms with Gasteiger partial charge in [-0.1, -0.05) is 0 Å². The quantitative estimate of drug-likeness (QED) is 0.771. The van der Waals surface area contributed by atoms with Crippen molar-refractivity contribution in [3.05, 3.63) is 11.9 Å². The number of rotatable bonds is 5. The number of aromatic nitrogens is 2. The maximum Gasteiger partial charge on any atom is 0.275 e. The molecule has 0 fully saturated rings. The van der Waals surface area contributed by atoms with Gasteiger partial charge >= 0.3 is 0 Å². The molecule has 0 spiro atoms. The van der Waals surface area contributed by atoms with Crippen LogP contribution in [0.15, 0.2) is 6.20 Å². The number of hydrogen-bond acceptors (Lipinski definition) is 5. The molecule has 0 saturated heterocycles. The maximum absolute atomic E-state index is 11.7. The van der Waals surface area contributed by atoms with Crippen molar-refractivity contribution in [2.24, 2.45) is 0 Å². The molecule has 0 aliphatic heterocycles. The Kier molecular flexibility index (Phi) is 4.48. The fourth-order valence-electron chi connectivity index (χ4n) is 1.09. The molecule has 5 nitrogen and oxygen atoms in total. The lowest BCUT2D eigenvalue weighted by molar-refractivity contribution is 0.0749. The third kappa shape index (κ3) is 2.74. The molecule has 0 aliphatic rings. The number of amides is 1. The average molecular weight is 215 g/mol. The van der Waals surface area contributed by atoms with E-state index in [9.17, 15) is 4.79 Å². The number of aliphatic hydroxyl groups excluding tert-OH is 1. The van der Waals surface area contributed by atoms with Gasteiger partial charge in [0.05, 0.1) is 17.9 Å². The summed E-state index contributed by atoms with van der Waals surface area (Å²) < 4.78 is 7.64. The second-order valence-corrected chi connectivity index (χ2v) is 3.31. The number of nitrogens with zero attached hydrogens (tertiary/aromatic N) is 3. The Balaban J connectivity index is 2.56. The van der Waals surface area contributed by atoms with E-state index in [1.165, 1.54) is 6.20 Å². The molecule has 0 bridgehead atoms. The fraction of sp³-hybridized carbons (Fsp3) is 0.625. The van der Waals surface area contributed by atoms with Gasteiger partial charge in [0.15, 0.2) is 5.69 Å². The Morgan fingerprint density at radius 3 is 3.00 bits per heavy atom. The highest BCUT2D eigenvalue weighted by Crippen LogP contribution is 2.02. The minimum Gasteiger partial charge on any atom is -0.396 e. The largest absolute Gasteiger partial charge is 0.396 e. The summed E-state index contributed by atoms with van der Waals surface area (Å²) in [5.41, 5.74) is 0.384. The van der Waals surface area contributed by atoms with E-state index < -0.39 is 0 Å². The summed E-state index contributed by atoms with van der Waals surface area (Å²) in [5, 5.41) is 8.66. The smallest absolute Gasteiger partial charge is 0.275 e. The van der Waals surface area contributed by atoms with E-state index in [-0.39, 0.29) is 12.5 Å². The average Bonchev–Trinajstić information content (AvgIpc) is 2.71. The highest BCUT2D eigenvalue weighted by atomic mass is 32.1. The first kappa shape index (κ1) is 11.1. The molecule has 1 heterocycles. The van der Waals surface area contributed by atoms with Gasteiger partial charge in [0.1, 0.15) is 0 Å². The molecule has 0 aromatic carbocycles. The van der Waals surface area contributed by atoms with Crippen LogP contribution in [-0.2, 0) is 0 Å². The van der Waals surface area contributed by atoms with Gasteiger partial charge in [-0.3, -0.25) is 4.79 Å². The number of carbonyl (C=O) groups is 1. The van der Waals surface area contributed by atoms with Crippen molar-refractivity contribution in [1.29, 1.82) is 0 Å². The van der Waals surface area contributed by atoms with Gasteiger partial charge in [0.25, 0.3) is 5.91 Å². The summed E-state index contributed by atoms with van der Waals surface area (Å²) in [6.45, 7) is 3.17. The van der Waals surface area contributed by atoms with Gasteiger partial charge < -0.3 is 10.0 Å². The summed E-state index contributed by atoms with van der Waals surface area (Å²) >= 11 is 1.02. The fourth-order valence-corrected chi connectivity index (χ4v) is 1.49. The number of carbonyl (C=O) groups excluding carboxylic acids is 1. The van der Waals surface area contributed by atoms with E-state index >= 15 is 0 Å². The molecular weight excluding hydrogens is 202 g/mol. The van der Waals surface area contributed by atoms with Crippen molar-refractivity contribution in [2.45, 2.75) is 13.3 Å². The van der Waals surface area contributed by atoms with E-state index in [1.807, 2.05) is 6.92 Å². The Bertz CT molecular complexity index is 276. The zero-order valence-electron chi connectivity index (χ0n) is 8.01. The Morgan fingerprint density at radius 1 is 1.71 bits per heavy atom. The van der Waals surface area contributed by atoms with Crippen molar-refractivity contribution >= 4 is 17.6 Å². The molecule has 0 unspecified atom stereocenters. The second-order valence-electron chi connectivity index (χ2n) is 2.75. The van der Waals surface area contributed by atoms with Crippen molar-refractivity contribution in [3.63, 3.8) is 0 Å². The molecule has 1 amide bonds. The number of aliphatic hydroxyl groups is 1. The number of hydrogen-bond donors (Lipinski definition) is 1. The standard InChI is InChI=1S/C8H13N3O2S/c1-2-11(4-3-5-12)8(13)7-6-9-14-10-7/h6,12H,2-5H2,1H3. The maximum atomic E-state index is 11.7. The molecule has 78 valence electrons. The summed E-state index contributed by atoms with van der Waals surface area (Å²) in [6.07, 6.45) is 2.06. The monoisotopic (exact) mass is 215 g/mol. The van der Waals surface area contributed by atoms with E-state index in [0.29, 0.717) is 25.2 Å². The van der Waals surface area contributed by atoms with Crippen LogP contribution in [0.4, 0.5) is 0 Å². The first-order chi connectivity index (χ1) is 6.79. The van der Waals surface area contributed by atoms with Crippen LogP contribution < -0.4 is 0 Å². The van der Waals surface area contributed by atoms with E-state index in [0.717, 1.165) is 11.7 Å².